The Hall–Kier alpha value is -1.11. The zero-order valence-corrected chi connectivity index (χ0v) is 10.2. The Labute approximate surface area is 101 Å². The average molecular weight is 318 g/mol. The number of carbonyl (C=O) groups is 2. The predicted octanol–water partition coefficient (Wildman–Crippen LogP) is 0.0793. The van der Waals surface area contributed by atoms with Crippen LogP contribution in [0.15, 0.2) is 18.2 Å². The fourth-order valence-corrected chi connectivity index (χ4v) is 1.38. The number of carbonyl (C=O) groups excluding carboxylic acids is 2. The molecule has 0 unspecified atom stereocenters. The molecular formula is C10H9INO3-. The molecule has 0 spiro atoms. The molecule has 1 amide bonds. The Morgan fingerprint density at radius 1 is 1.47 bits per heavy atom. The van der Waals surface area contributed by atoms with Crippen LogP contribution in [0.25, 0.3) is 0 Å². The fraction of sp³-hybridized carbons (Fsp3) is 0.200. The highest BCUT2D eigenvalue weighted by molar-refractivity contribution is 14.1. The Morgan fingerprint density at radius 2 is 2.13 bits per heavy atom. The highest BCUT2D eigenvalue weighted by Gasteiger charge is 2.05. The molecule has 4 nitrogen and oxygen atoms in total. The van der Waals surface area contributed by atoms with Gasteiger partial charge in [0.1, 0.15) is 0 Å². The second-order valence-electron chi connectivity index (χ2n) is 3.02. The molecule has 0 aliphatic carbocycles. The number of rotatable bonds is 3. The number of amides is 1. The van der Waals surface area contributed by atoms with Gasteiger partial charge in [0.05, 0.1) is 12.5 Å². The molecule has 1 aromatic carbocycles. The lowest BCUT2D eigenvalue weighted by atomic mass is 10.1. The molecule has 1 rings (SSSR count). The SMILES string of the molecule is Cc1cc(C(=O)NCC(=O)[O-])ccc1I. The van der Waals surface area contributed by atoms with Crippen LogP contribution < -0.4 is 10.4 Å². The van der Waals surface area contributed by atoms with E-state index in [-0.39, 0.29) is 0 Å². The topological polar surface area (TPSA) is 69.2 Å². The first-order chi connectivity index (χ1) is 7.00. The maximum atomic E-state index is 11.4. The number of carboxylic acid groups (broad SMARTS) is 1. The van der Waals surface area contributed by atoms with Crippen molar-refractivity contribution < 1.29 is 14.7 Å². The van der Waals surface area contributed by atoms with Crippen molar-refractivity contribution >= 4 is 34.5 Å². The third-order valence-corrected chi connectivity index (χ3v) is 3.02. The Bertz CT molecular complexity index is 404. The third kappa shape index (κ3) is 3.50. The van der Waals surface area contributed by atoms with Crippen LogP contribution in [0.4, 0.5) is 0 Å². The smallest absolute Gasteiger partial charge is 0.251 e. The average Bonchev–Trinajstić information content (AvgIpc) is 2.18. The van der Waals surface area contributed by atoms with Gasteiger partial charge < -0.3 is 15.2 Å². The summed E-state index contributed by atoms with van der Waals surface area (Å²) in [6, 6.07) is 5.18. The lowest BCUT2D eigenvalue weighted by Gasteiger charge is -2.06. The molecule has 0 fully saturated rings. The molecule has 0 radical (unpaired) electrons. The van der Waals surface area contributed by atoms with Gasteiger partial charge >= 0.3 is 0 Å². The van der Waals surface area contributed by atoms with E-state index in [1.807, 2.05) is 13.0 Å². The van der Waals surface area contributed by atoms with E-state index in [9.17, 15) is 14.7 Å². The molecule has 5 heteroatoms. The molecule has 0 saturated carbocycles. The minimum Gasteiger partial charge on any atom is -0.548 e. The summed E-state index contributed by atoms with van der Waals surface area (Å²) in [5.41, 5.74) is 1.44. The third-order valence-electron chi connectivity index (χ3n) is 1.81. The molecule has 0 heterocycles. The summed E-state index contributed by atoms with van der Waals surface area (Å²) in [6.07, 6.45) is 0. The number of carboxylic acids is 1. The summed E-state index contributed by atoms with van der Waals surface area (Å²) in [5, 5.41) is 12.4. The van der Waals surface area contributed by atoms with Crippen molar-refractivity contribution in [2.75, 3.05) is 6.54 Å². The van der Waals surface area contributed by atoms with Gasteiger partial charge in [0.2, 0.25) is 0 Å². The van der Waals surface area contributed by atoms with Gasteiger partial charge in [-0.25, -0.2) is 0 Å². The molecule has 1 aromatic rings. The number of hydrogen-bond donors (Lipinski definition) is 1. The molecule has 0 aromatic heterocycles. The van der Waals surface area contributed by atoms with E-state index in [2.05, 4.69) is 27.9 Å². The molecule has 15 heavy (non-hydrogen) atoms. The van der Waals surface area contributed by atoms with Crippen molar-refractivity contribution in [2.24, 2.45) is 0 Å². The first-order valence-electron chi connectivity index (χ1n) is 4.25. The lowest BCUT2D eigenvalue weighted by Crippen LogP contribution is -2.37. The predicted molar refractivity (Wildman–Crippen MR) is 61.2 cm³/mol. The van der Waals surface area contributed by atoms with E-state index in [1.54, 1.807) is 12.1 Å². The van der Waals surface area contributed by atoms with Crippen molar-refractivity contribution in [1.29, 1.82) is 0 Å². The standard InChI is InChI=1S/C10H10INO3/c1-6-4-7(2-3-8(6)11)10(15)12-5-9(13)14/h2-4H,5H2,1H3,(H,12,15)(H,13,14)/p-1. The minimum atomic E-state index is -1.30. The van der Waals surface area contributed by atoms with Crippen molar-refractivity contribution in [3.05, 3.63) is 32.9 Å². The zero-order chi connectivity index (χ0) is 11.4. The van der Waals surface area contributed by atoms with Gasteiger partial charge in [0.15, 0.2) is 0 Å². The number of benzene rings is 1. The Balaban J connectivity index is 2.74. The van der Waals surface area contributed by atoms with Crippen molar-refractivity contribution in [3.63, 3.8) is 0 Å². The van der Waals surface area contributed by atoms with E-state index in [4.69, 9.17) is 0 Å². The van der Waals surface area contributed by atoms with E-state index in [0.29, 0.717) is 5.56 Å². The molecule has 0 aliphatic heterocycles. The highest BCUT2D eigenvalue weighted by Crippen LogP contribution is 2.12. The first-order valence-corrected chi connectivity index (χ1v) is 5.33. The largest absolute Gasteiger partial charge is 0.548 e. The van der Waals surface area contributed by atoms with Crippen LogP contribution in [0, 0.1) is 10.5 Å². The lowest BCUT2D eigenvalue weighted by molar-refractivity contribution is -0.303. The second kappa shape index (κ2) is 5.11. The summed E-state index contributed by atoms with van der Waals surface area (Å²) in [4.78, 5) is 21.5. The normalized spacial score (nSPS) is 9.73. The van der Waals surface area contributed by atoms with Crippen molar-refractivity contribution in [1.82, 2.24) is 5.32 Å². The molecule has 80 valence electrons. The van der Waals surface area contributed by atoms with Gasteiger partial charge in [0.25, 0.3) is 5.91 Å². The van der Waals surface area contributed by atoms with Crippen LogP contribution in [-0.2, 0) is 4.79 Å². The van der Waals surface area contributed by atoms with Crippen LogP contribution in [0.5, 0.6) is 0 Å². The molecule has 0 aliphatic rings. The van der Waals surface area contributed by atoms with E-state index in [0.717, 1.165) is 9.13 Å². The van der Waals surface area contributed by atoms with E-state index >= 15 is 0 Å². The molecular weight excluding hydrogens is 309 g/mol. The van der Waals surface area contributed by atoms with E-state index < -0.39 is 18.4 Å². The first kappa shape index (κ1) is 12.0. The van der Waals surface area contributed by atoms with Crippen LogP contribution in [0.3, 0.4) is 0 Å². The minimum absolute atomic E-state index is 0.404. The van der Waals surface area contributed by atoms with Gasteiger partial charge in [-0.3, -0.25) is 4.79 Å². The maximum Gasteiger partial charge on any atom is 0.251 e. The number of halogens is 1. The van der Waals surface area contributed by atoms with Crippen molar-refractivity contribution in [3.8, 4) is 0 Å². The monoisotopic (exact) mass is 318 g/mol. The second-order valence-corrected chi connectivity index (χ2v) is 4.18. The number of aryl methyl sites for hydroxylation is 1. The van der Waals surface area contributed by atoms with Crippen LogP contribution in [0.2, 0.25) is 0 Å². The van der Waals surface area contributed by atoms with Gasteiger partial charge in [0, 0.05) is 9.13 Å². The van der Waals surface area contributed by atoms with Crippen molar-refractivity contribution in [2.45, 2.75) is 6.92 Å². The van der Waals surface area contributed by atoms with Gasteiger partial charge in [-0.1, -0.05) is 0 Å². The summed E-state index contributed by atoms with van der Waals surface area (Å²) in [5.74, 6) is -1.70. The number of hydrogen-bond acceptors (Lipinski definition) is 3. The Kier molecular flexibility index (Phi) is 4.07. The highest BCUT2D eigenvalue weighted by atomic mass is 127. The molecule has 0 saturated heterocycles. The van der Waals surface area contributed by atoms with Crippen LogP contribution in [-0.4, -0.2) is 18.4 Å². The fourth-order valence-electron chi connectivity index (χ4n) is 1.04. The molecule has 0 atom stereocenters. The van der Waals surface area contributed by atoms with Crippen LogP contribution >= 0.6 is 22.6 Å². The summed E-state index contributed by atoms with van der Waals surface area (Å²) < 4.78 is 1.06. The number of aliphatic carboxylic acids is 1. The van der Waals surface area contributed by atoms with E-state index in [1.165, 1.54) is 0 Å². The van der Waals surface area contributed by atoms with Gasteiger partial charge in [-0.15, -0.1) is 0 Å². The van der Waals surface area contributed by atoms with Crippen LogP contribution in [0.1, 0.15) is 15.9 Å². The van der Waals surface area contributed by atoms with Gasteiger partial charge in [-0.2, -0.15) is 0 Å². The summed E-state index contributed by atoms with van der Waals surface area (Å²) in [6.45, 7) is 1.42. The zero-order valence-electron chi connectivity index (χ0n) is 8.04. The number of nitrogens with one attached hydrogen (secondary N) is 1. The molecule has 0 bridgehead atoms. The summed E-state index contributed by atoms with van der Waals surface area (Å²) in [7, 11) is 0. The quantitative estimate of drug-likeness (QED) is 0.803. The Morgan fingerprint density at radius 3 is 2.67 bits per heavy atom. The molecule has 1 N–H and O–H groups in total. The van der Waals surface area contributed by atoms with Gasteiger partial charge in [-0.05, 0) is 53.3 Å². The summed E-state index contributed by atoms with van der Waals surface area (Å²) >= 11 is 2.16. The maximum absolute atomic E-state index is 11.4.